The molecule has 0 aliphatic carbocycles. The molecule has 7 heteroatoms. The van der Waals surface area contributed by atoms with E-state index in [9.17, 15) is 0 Å². The highest BCUT2D eigenvalue weighted by Crippen LogP contribution is 2.15. The summed E-state index contributed by atoms with van der Waals surface area (Å²) in [6.07, 6.45) is 4.46. The Hall–Kier alpha value is -2.55. The molecule has 2 aromatic heterocycles. The first kappa shape index (κ1) is 22.7. The number of hydrogen-bond acceptors (Lipinski definition) is 3. The molecule has 3 rings (SSSR count). The Morgan fingerprint density at radius 2 is 2.00 bits per heavy atom. The fourth-order valence-corrected chi connectivity index (χ4v) is 2.75. The van der Waals surface area contributed by atoms with E-state index in [2.05, 4.69) is 34.4 Å². The van der Waals surface area contributed by atoms with Crippen molar-refractivity contribution in [3.8, 4) is 5.69 Å². The van der Waals surface area contributed by atoms with Crippen molar-refractivity contribution < 1.29 is 4.42 Å². The molecule has 154 valence electrons. The molecule has 0 radical (unpaired) electrons. The van der Waals surface area contributed by atoms with Crippen LogP contribution in [0, 0.1) is 6.92 Å². The fourth-order valence-electron chi connectivity index (χ4n) is 2.75. The van der Waals surface area contributed by atoms with E-state index in [0.29, 0.717) is 13.1 Å². The molecule has 0 unspecified atom stereocenters. The van der Waals surface area contributed by atoms with Crippen molar-refractivity contribution in [2.45, 2.75) is 26.8 Å². The minimum absolute atomic E-state index is 0. The molecule has 0 atom stereocenters. The molecule has 1 aromatic carbocycles. The molecule has 0 aliphatic heterocycles. The zero-order chi connectivity index (χ0) is 19.8. The smallest absolute Gasteiger partial charge is 0.191 e. The maximum Gasteiger partial charge on any atom is 0.191 e. The van der Waals surface area contributed by atoms with Crippen molar-refractivity contribution in [3.63, 3.8) is 0 Å². The van der Waals surface area contributed by atoms with Crippen LogP contribution in [0.4, 0.5) is 0 Å². The van der Waals surface area contributed by atoms with E-state index in [0.717, 1.165) is 47.2 Å². The molecular formula is C22H28IN5O. The predicted molar refractivity (Wildman–Crippen MR) is 128 cm³/mol. The maximum absolute atomic E-state index is 5.39. The molecule has 29 heavy (non-hydrogen) atoms. The van der Waals surface area contributed by atoms with Gasteiger partial charge in [0.05, 0.1) is 24.2 Å². The molecule has 6 nitrogen and oxygen atoms in total. The highest BCUT2D eigenvalue weighted by atomic mass is 127. The third-order valence-electron chi connectivity index (χ3n) is 4.17. The average Bonchev–Trinajstić information content (AvgIpc) is 3.35. The maximum atomic E-state index is 5.39. The first-order chi connectivity index (χ1) is 13.6. The lowest BCUT2D eigenvalue weighted by Crippen LogP contribution is -2.39. The van der Waals surface area contributed by atoms with Gasteiger partial charge in [0.1, 0.15) is 5.76 Å². The van der Waals surface area contributed by atoms with Crippen LogP contribution < -0.4 is 10.6 Å². The summed E-state index contributed by atoms with van der Waals surface area (Å²) in [7, 11) is 0. The number of nitrogens with zero attached hydrogens (tertiary/aromatic N) is 3. The Balaban J connectivity index is 0.00000300. The van der Waals surface area contributed by atoms with Gasteiger partial charge in [0, 0.05) is 25.7 Å². The van der Waals surface area contributed by atoms with Crippen LogP contribution in [0.2, 0.25) is 0 Å². The number of furan rings is 1. The molecule has 0 bridgehead atoms. The van der Waals surface area contributed by atoms with Crippen molar-refractivity contribution in [2.24, 2.45) is 4.99 Å². The molecule has 0 spiro atoms. The van der Waals surface area contributed by atoms with Crippen molar-refractivity contribution >= 4 is 29.9 Å². The van der Waals surface area contributed by atoms with E-state index in [-0.39, 0.29) is 24.0 Å². The standard InChI is InChI=1S/C22H27N5O.HI/c1-17(2)15-24-22(23-12-10-20-8-6-14-28-20)25-16-19-7-4-5-9-21(19)27-13-11-18(3)26-27;/h4-9,11,13-14H,1,10,12,15-16H2,2-3H3,(H2,23,24,25);1H. The van der Waals surface area contributed by atoms with Crippen LogP contribution in [-0.4, -0.2) is 28.8 Å². The first-order valence-electron chi connectivity index (χ1n) is 9.41. The summed E-state index contributed by atoms with van der Waals surface area (Å²) in [5.41, 5.74) is 4.18. The Labute approximate surface area is 189 Å². The molecule has 0 saturated heterocycles. The van der Waals surface area contributed by atoms with Gasteiger partial charge in [-0.2, -0.15) is 5.10 Å². The zero-order valence-corrected chi connectivity index (χ0v) is 19.2. The number of aryl methyl sites for hydroxylation is 1. The van der Waals surface area contributed by atoms with Gasteiger partial charge in [-0.1, -0.05) is 30.4 Å². The van der Waals surface area contributed by atoms with Crippen molar-refractivity contribution in [1.29, 1.82) is 0 Å². The summed E-state index contributed by atoms with van der Waals surface area (Å²) < 4.78 is 7.28. The topological polar surface area (TPSA) is 67.4 Å². The quantitative estimate of drug-likeness (QED) is 0.208. The summed E-state index contributed by atoms with van der Waals surface area (Å²) in [4.78, 5) is 4.76. The molecule has 0 saturated carbocycles. The molecule has 0 aliphatic rings. The monoisotopic (exact) mass is 505 g/mol. The highest BCUT2D eigenvalue weighted by Gasteiger charge is 2.06. The van der Waals surface area contributed by atoms with Crippen LogP contribution >= 0.6 is 24.0 Å². The van der Waals surface area contributed by atoms with Gasteiger partial charge in [-0.3, -0.25) is 0 Å². The summed E-state index contributed by atoms with van der Waals surface area (Å²) in [5, 5.41) is 11.2. The van der Waals surface area contributed by atoms with Gasteiger partial charge in [-0.05, 0) is 43.7 Å². The lowest BCUT2D eigenvalue weighted by atomic mass is 10.2. The normalized spacial score (nSPS) is 11.0. The third-order valence-corrected chi connectivity index (χ3v) is 4.17. The largest absolute Gasteiger partial charge is 0.469 e. The van der Waals surface area contributed by atoms with Gasteiger partial charge in [0.2, 0.25) is 0 Å². The second-order valence-corrected chi connectivity index (χ2v) is 6.76. The van der Waals surface area contributed by atoms with Crippen molar-refractivity contribution in [3.05, 3.63) is 84.1 Å². The van der Waals surface area contributed by atoms with E-state index in [1.54, 1.807) is 6.26 Å². The average molecular weight is 505 g/mol. The lowest BCUT2D eigenvalue weighted by Gasteiger charge is -2.13. The Morgan fingerprint density at radius 3 is 2.69 bits per heavy atom. The number of benzene rings is 1. The Morgan fingerprint density at radius 1 is 1.17 bits per heavy atom. The van der Waals surface area contributed by atoms with Crippen LogP contribution in [0.15, 0.2) is 76.5 Å². The van der Waals surface area contributed by atoms with E-state index in [4.69, 9.17) is 9.41 Å². The van der Waals surface area contributed by atoms with E-state index in [1.807, 2.05) is 55.1 Å². The second kappa shape index (κ2) is 11.5. The number of rotatable bonds is 8. The fraction of sp³-hybridized carbons (Fsp3) is 0.273. The molecule has 2 heterocycles. The van der Waals surface area contributed by atoms with E-state index < -0.39 is 0 Å². The number of nitrogens with one attached hydrogen (secondary N) is 2. The van der Waals surface area contributed by atoms with Gasteiger partial charge in [-0.25, -0.2) is 9.67 Å². The minimum atomic E-state index is 0. The van der Waals surface area contributed by atoms with Gasteiger partial charge in [0.25, 0.3) is 0 Å². The third kappa shape index (κ3) is 7.08. The first-order valence-corrected chi connectivity index (χ1v) is 9.41. The minimum Gasteiger partial charge on any atom is -0.469 e. The zero-order valence-electron chi connectivity index (χ0n) is 16.9. The number of guanidine groups is 1. The lowest BCUT2D eigenvalue weighted by molar-refractivity contribution is 0.507. The second-order valence-electron chi connectivity index (χ2n) is 6.76. The molecular weight excluding hydrogens is 477 g/mol. The van der Waals surface area contributed by atoms with Crippen molar-refractivity contribution in [1.82, 2.24) is 20.4 Å². The van der Waals surface area contributed by atoms with E-state index >= 15 is 0 Å². The summed E-state index contributed by atoms with van der Waals surface area (Å²) in [5.74, 6) is 1.70. The predicted octanol–water partition coefficient (Wildman–Crippen LogP) is 4.25. The number of aromatic nitrogens is 2. The number of para-hydroxylation sites is 1. The van der Waals surface area contributed by atoms with Crippen LogP contribution in [0.3, 0.4) is 0 Å². The molecule has 3 aromatic rings. The molecule has 0 fully saturated rings. The number of halogens is 1. The summed E-state index contributed by atoms with van der Waals surface area (Å²) in [6.45, 7) is 9.87. The van der Waals surface area contributed by atoms with Gasteiger partial charge < -0.3 is 15.1 Å². The van der Waals surface area contributed by atoms with Crippen molar-refractivity contribution in [2.75, 3.05) is 13.1 Å². The Bertz CT molecular complexity index is 930. The molecule has 0 amide bonds. The van der Waals surface area contributed by atoms with Gasteiger partial charge in [-0.15, -0.1) is 24.0 Å². The summed E-state index contributed by atoms with van der Waals surface area (Å²) >= 11 is 0. The van der Waals surface area contributed by atoms with Gasteiger partial charge in [0.15, 0.2) is 5.96 Å². The van der Waals surface area contributed by atoms with Crippen LogP contribution in [-0.2, 0) is 13.0 Å². The SMILES string of the molecule is C=C(C)CNC(=NCc1ccccc1-n1ccc(C)n1)NCCc1ccco1.I. The highest BCUT2D eigenvalue weighted by molar-refractivity contribution is 14.0. The van der Waals surface area contributed by atoms with Gasteiger partial charge >= 0.3 is 0 Å². The number of hydrogen-bond donors (Lipinski definition) is 2. The van der Waals surface area contributed by atoms with Crippen LogP contribution in [0.1, 0.15) is 23.9 Å². The Kier molecular flexibility index (Phi) is 8.98. The summed E-state index contributed by atoms with van der Waals surface area (Å²) in [6, 6.07) is 14.0. The van der Waals surface area contributed by atoms with Crippen LogP contribution in [0.25, 0.3) is 5.69 Å². The van der Waals surface area contributed by atoms with E-state index in [1.165, 1.54) is 0 Å². The van der Waals surface area contributed by atoms with Crippen LogP contribution in [0.5, 0.6) is 0 Å². The molecule has 2 N–H and O–H groups in total. The number of aliphatic imine (C=N–C) groups is 1.